The number of fused-ring (bicyclic) bond motifs is 2. The second-order valence-electron chi connectivity index (χ2n) is 9.36. The second-order valence-corrected chi connectivity index (χ2v) is 13.6. The number of oxime groups is 1. The van der Waals surface area contributed by atoms with Crippen LogP contribution in [0.2, 0.25) is 0 Å². The molecule has 1 aromatic carbocycles. The summed E-state index contributed by atoms with van der Waals surface area (Å²) in [6.45, 7) is -1.54. The maximum atomic E-state index is 13.4. The summed E-state index contributed by atoms with van der Waals surface area (Å²) < 4.78 is 53.1. The Balaban J connectivity index is 1.28. The van der Waals surface area contributed by atoms with Gasteiger partial charge in [0.1, 0.15) is 22.5 Å². The molecule has 0 aliphatic carbocycles. The number of benzene rings is 1. The van der Waals surface area contributed by atoms with Crippen molar-refractivity contribution >= 4 is 84.9 Å². The predicted octanol–water partition coefficient (Wildman–Crippen LogP) is 3.74. The van der Waals surface area contributed by atoms with E-state index >= 15 is 0 Å². The van der Waals surface area contributed by atoms with Crippen LogP contribution in [0.5, 0.6) is 0 Å². The Morgan fingerprint density at radius 3 is 2.77 bits per heavy atom. The van der Waals surface area contributed by atoms with Crippen molar-refractivity contribution in [3.05, 3.63) is 62.6 Å². The number of nitrogens with zero attached hydrogens (tertiary/aromatic N) is 3. The quantitative estimate of drug-likeness (QED) is 0.0992. The Bertz CT molecular complexity index is 1760. The Morgan fingerprint density at radius 1 is 1.34 bits per heavy atom. The number of halogens is 4. The lowest BCUT2D eigenvalue weighted by Crippen LogP contribution is -2.73. The normalized spacial score (nSPS) is 22.1. The lowest BCUT2D eigenvalue weighted by atomic mass is 9.87. The molecule has 3 aromatic rings. The molecule has 2 aliphatic rings. The summed E-state index contributed by atoms with van der Waals surface area (Å²) in [6.07, 6.45) is -3.32. The van der Waals surface area contributed by atoms with E-state index < -0.39 is 69.7 Å². The summed E-state index contributed by atoms with van der Waals surface area (Å²) in [5.74, 6) is -2.64. The van der Waals surface area contributed by atoms with Crippen molar-refractivity contribution in [3.63, 3.8) is 0 Å². The monoisotopic (exact) mass is 689 g/mol. The zero-order chi connectivity index (χ0) is 31.8. The third-order valence-electron chi connectivity index (χ3n) is 6.61. The van der Waals surface area contributed by atoms with Gasteiger partial charge in [-0.05, 0) is 17.5 Å². The zero-order valence-electron chi connectivity index (χ0n) is 21.9. The van der Waals surface area contributed by atoms with Crippen molar-refractivity contribution in [2.45, 2.75) is 21.8 Å². The van der Waals surface area contributed by atoms with Crippen LogP contribution >= 0.6 is 46.2 Å². The molecule has 2 aliphatic heterocycles. The summed E-state index contributed by atoms with van der Waals surface area (Å²) in [6, 6.07) is 3.49. The van der Waals surface area contributed by atoms with Crippen LogP contribution in [0.3, 0.4) is 0 Å². The molecule has 2 saturated heterocycles. The lowest BCUT2D eigenvalue weighted by molar-refractivity contribution is -0.156. The maximum Gasteiger partial charge on any atom is 0.417 e. The Kier molecular flexibility index (Phi) is 8.92. The predicted molar refractivity (Wildman–Crippen MR) is 158 cm³/mol. The van der Waals surface area contributed by atoms with E-state index in [0.717, 1.165) is 58.3 Å². The average molecular weight is 690 g/mol. The summed E-state index contributed by atoms with van der Waals surface area (Å²) >= 11 is 4.05. The number of anilines is 1. The number of rotatable bonds is 9. The first-order chi connectivity index (χ1) is 20.8. The number of carbonyl (C=O) groups excluding carboxylic acids is 2. The molecule has 5 rings (SSSR count). The molecule has 0 spiro atoms. The molecule has 19 heteroatoms. The topological polar surface area (TPSA) is 164 Å². The summed E-state index contributed by atoms with van der Waals surface area (Å²) in [5, 5.41) is 17.9. The van der Waals surface area contributed by atoms with E-state index in [0.29, 0.717) is 4.21 Å². The number of carboxylic acids is 1. The van der Waals surface area contributed by atoms with Crippen LogP contribution in [0.25, 0.3) is 10.1 Å². The Morgan fingerprint density at radius 2 is 2.11 bits per heavy atom. The molecule has 2 unspecified atom stereocenters. The number of thioether (sulfide) groups is 2. The SMILES string of the molecule is Nc1nc(C(=NOCF)C(=O)NC2C(=O)N3CC(C=CSc4cc(=O)c5c(C(F)(F)F)cccc5s4)(C(=O)O)CS[C@H]23)cs1. The van der Waals surface area contributed by atoms with Crippen LogP contribution in [-0.4, -0.2) is 69.1 Å². The fourth-order valence-corrected chi connectivity index (χ4v) is 8.68. The van der Waals surface area contributed by atoms with Crippen molar-refractivity contribution in [2.24, 2.45) is 10.6 Å². The van der Waals surface area contributed by atoms with Crippen LogP contribution in [-0.2, 0) is 25.4 Å². The summed E-state index contributed by atoms with van der Waals surface area (Å²) in [5.41, 5.74) is 1.85. The number of carboxylic acid groups (broad SMARTS) is 1. The molecule has 2 aromatic heterocycles. The number of hydrogen-bond donors (Lipinski definition) is 3. The molecule has 4 heterocycles. The smallest absolute Gasteiger partial charge is 0.417 e. The molecule has 0 saturated carbocycles. The van der Waals surface area contributed by atoms with E-state index in [4.69, 9.17) is 5.73 Å². The molecule has 11 nitrogen and oxygen atoms in total. The third kappa shape index (κ3) is 6.13. The molecule has 4 N–H and O–H groups in total. The van der Waals surface area contributed by atoms with Crippen LogP contribution in [0.4, 0.5) is 22.7 Å². The molecular formula is C25H19F4N5O6S4. The van der Waals surface area contributed by atoms with Gasteiger partial charge in [-0.1, -0.05) is 29.1 Å². The lowest BCUT2D eigenvalue weighted by Gasteiger charge is -2.53. The number of amides is 2. The molecule has 3 atom stereocenters. The summed E-state index contributed by atoms with van der Waals surface area (Å²) in [7, 11) is 0. The molecule has 2 amide bonds. The number of nitrogen functional groups attached to an aromatic ring is 1. The number of alkyl halides is 4. The van der Waals surface area contributed by atoms with Crippen molar-refractivity contribution in [3.8, 4) is 0 Å². The Labute approximate surface area is 261 Å². The molecule has 2 fully saturated rings. The minimum atomic E-state index is -4.70. The second kappa shape index (κ2) is 12.4. The van der Waals surface area contributed by atoms with E-state index in [2.05, 4.69) is 20.3 Å². The van der Waals surface area contributed by atoms with E-state index in [1.165, 1.54) is 33.9 Å². The number of β-lactam (4-membered cyclic amide) rings is 1. The van der Waals surface area contributed by atoms with Crippen molar-refractivity contribution in [2.75, 3.05) is 24.9 Å². The first-order valence-corrected chi connectivity index (χ1v) is 15.9. The molecule has 44 heavy (non-hydrogen) atoms. The van der Waals surface area contributed by atoms with Gasteiger partial charge in [0.25, 0.3) is 12.8 Å². The number of aromatic nitrogens is 1. The number of carbonyl (C=O) groups is 3. The highest BCUT2D eigenvalue weighted by Gasteiger charge is 2.57. The standard InChI is InChI=1S/C25H19F4N5O6S4/c26-10-40-33-17(12-7-42-23(30)31-12)19(36)32-18-20(37)34-8-24(22(38)39,9-43-21(18)34)4-5-41-15-6-13(35)16-11(25(27,28)29)2-1-3-14(16)44-15/h1-7,18,21H,8-10H2,(H2,30,31)(H,32,36)(H,38,39)/t18?,21-,24?/m1/s1. The number of thiazole rings is 1. The van der Waals surface area contributed by atoms with Gasteiger partial charge in [-0.3, -0.25) is 19.2 Å². The average Bonchev–Trinajstić information content (AvgIpc) is 3.40. The number of hydrogen-bond acceptors (Lipinski definition) is 12. The number of nitrogens with two attached hydrogens (primary N) is 1. The van der Waals surface area contributed by atoms with E-state index in [1.54, 1.807) is 0 Å². The molecular weight excluding hydrogens is 671 g/mol. The fraction of sp³-hybridized carbons (Fsp3) is 0.280. The van der Waals surface area contributed by atoms with E-state index in [1.807, 2.05) is 0 Å². The van der Waals surface area contributed by atoms with Gasteiger partial charge >= 0.3 is 12.1 Å². The molecule has 232 valence electrons. The summed E-state index contributed by atoms with van der Waals surface area (Å²) in [4.78, 5) is 60.4. The van der Waals surface area contributed by atoms with E-state index in [9.17, 15) is 41.8 Å². The maximum absolute atomic E-state index is 13.4. The van der Waals surface area contributed by atoms with Gasteiger partial charge in [-0.25, -0.2) is 9.37 Å². The van der Waals surface area contributed by atoms with E-state index in [-0.39, 0.29) is 27.8 Å². The van der Waals surface area contributed by atoms with Gasteiger partial charge < -0.3 is 25.9 Å². The van der Waals surface area contributed by atoms with Crippen molar-refractivity contribution < 1.29 is 41.9 Å². The first-order valence-electron chi connectivity index (χ1n) is 12.3. The number of nitrogens with one attached hydrogen (secondary N) is 1. The highest BCUT2D eigenvalue weighted by atomic mass is 32.2. The van der Waals surface area contributed by atoms with Gasteiger partial charge in [-0.15, -0.1) is 34.4 Å². The van der Waals surface area contributed by atoms with Crippen LogP contribution in [0.1, 0.15) is 11.3 Å². The van der Waals surface area contributed by atoms with Crippen molar-refractivity contribution in [1.29, 1.82) is 0 Å². The fourth-order valence-electron chi connectivity index (χ4n) is 4.51. The van der Waals surface area contributed by atoms with Gasteiger partial charge in [0.15, 0.2) is 16.3 Å². The largest absolute Gasteiger partial charge is 0.481 e. The highest BCUT2D eigenvalue weighted by Crippen LogP contribution is 2.44. The first kappa shape index (κ1) is 31.7. The van der Waals surface area contributed by atoms with Crippen LogP contribution in [0.15, 0.2) is 55.3 Å². The minimum absolute atomic E-state index is 0.0115. The zero-order valence-corrected chi connectivity index (χ0v) is 25.1. The van der Waals surface area contributed by atoms with Gasteiger partial charge in [0.05, 0.1) is 15.2 Å². The van der Waals surface area contributed by atoms with Crippen LogP contribution in [0, 0.1) is 5.41 Å². The Hall–Kier alpha value is -3.68. The number of aliphatic carboxylic acids is 1. The van der Waals surface area contributed by atoms with Gasteiger partial charge in [-0.2, -0.15) is 13.2 Å². The van der Waals surface area contributed by atoms with Crippen LogP contribution < -0.4 is 16.5 Å². The molecule has 0 bridgehead atoms. The molecule has 0 radical (unpaired) electrons. The highest BCUT2D eigenvalue weighted by molar-refractivity contribution is 8.04. The van der Waals surface area contributed by atoms with Gasteiger partial charge in [0, 0.05) is 28.4 Å². The third-order valence-corrected chi connectivity index (χ3v) is 10.9. The van der Waals surface area contributed by atoms with Gasteiger partial charge in [0.2, 0.25) is 5.91 Å². The van der Waals surface area contributed by atoms with Crippen molar-refractivity contribution in [1.82, 2.24) is 15.2 Å². The minimum Gasteiger partial charge on any atom is -0.481 e.